The summed E-state index contributed by atoms with van der Waals surface area (Å²) < 4.78 is 10.4. The van der Waals surface area contributed by atoms with Crippen LogP contribution >= 0.6 is 0 Å². The Balaban J connectivity index is 1.75. The monoisotopic (exact) mass is 315 g/mol. The van der Waals surface area contributed by atoms with E-state index in [-0.39, 0.29) is 5.91 Å². The van der Waals surface area contributed by atoms with Crippen molar-refractivity contribution in [3.8, 4) is 11.5 Å². The summed E-state index contributed by atoms with van der Waals surface area (Å²) in [5.41, 5.74) is 1.86. The zero-order valence-electron chi connectivity index (χ0n) is 13.3. The highest BCUT2D eigenvalue weighted by Crippen LogP contribution is 2.29. The number of methoxy groups -OCH3 is 2. The molecular weight excluding hydrogens is 294 g/mol. The molecule has 122 valence electrons. The number of hydrogen-bond acceptors (Lipinski definition) is 5. The Labute approximate surface area is 135 Å². The molecule has 1 heterocycles. The van der Waals surface area contributed by atoms with E-state index in [0.717, 1.165) is 11.3 Å². The first-order valence-electron chi connectivity index (χ1n) is 7.34. The van der Waals surface area contributed by atoms with Crippen LogP contribution in [0.25, 0.3) is 0 Å². The summed E-state index contributed by atoms with van der Waals surface area (Å²) in [7, 11) is 3.19. The average molecular weight is 315 g/mol. The van der Waals surface area contributed by atoms with Gasteiger partial charge in [-0.25, -0.2) is 0 Å². The number of rotatable bonds is 8. The van der Waals surface area contributed by atoms with Gasteiger partial charge in [-0.3, -0.25) is 9.78 Å². The molecule has 0 radical (unpaired) electrons. The molecule has 0 aliphatic rings. The first-order chi connectivity index (χ1) is 11.2. The standard InChI is InChI=1S/C17H21N3O3/c1-22-15-6-5-14(10-16(15)23-2)19-9-7-17(21)20-12-13-4-3-8-18-11-13/h3-6,8,10-11,19H,7,9,12H2,1-2H3,(H,20,21). The lowest BCUT2D eigenvalue weighted by Crippen LogP contribution is -2.24. The van der Waals surface area contributed by atoms with E-state index in [2.05, 4.69) is 15.6 Å². The second kappa shape index (κ2) is 8.63. The van der Waals surface area contributed by atoms with Gasteiger partial charge in [0.25, 0.3) is 0 Å². The van der Waals surface area contributed by atoms with E-state index in [0.29, 0.717) is 31.0 Å². The van der Waals surface area contributed by atoms with Crippen LogP contribution in [-0.2, 0) is 11.3 Å². The minimum Gasteiger partial charge on any atom is -0.493 e. The third kappa shape index (κ3) is 5.18. The Morgan fingerprint density at radius 2 is 2.00 bits per heavy atom. The Morgan fingerprint density at radius 1 is 1.17 bits per heavy atom. The second-order valence-corrected chi connectivity index (χ2v) is 4.88. The fourth-order valence-corrected chi connectivity index (χ4v) is 2.06. The maximum absolute atomic E-state index is 11.8. The third-order valence-corrected chi connectivity index (χ3v) is 3.28. The van der Waals surface area contributed by atoms with Crippen LogP contribution in [0.3, 0.4) is 0 Å². The first kappa shape index (κ1) is 16.6. The van der Waals surface area contributed by atoms with Crippen molar-refractivity contribution in [2.24, 2.45) is 0 Å². The molecule has 0 aliphatic heterocycles. The number of aromatic nitrogens is 1. The van der Waals surface area contributed by atoms with Gasteiger partial charge in [0.2, 0.25) is 5.91 Å². The van der Waals surface area contributed by atoms with Crippen molar-refractivity contribution in [3.05, 3.63) is 48.3 Å². The zero-order chi connectivity index (χ0) is 16.5. The number of carbonyl (C=O) groups is 1. The highest BCUT2D eigenvalue weighted by Gasteiger charge is 2.05. The fourth-order valence-electron chi connectivity index (χ4n) is 2.06. The van der Waals surface area contributed by atoms with Crippen molar-refractivity contribution >= 4 is 11.6 Å². The summed E-state index contributed by atoms with van der Waals surface area (Å²) >= 11 is 0. The number of anilines is 1. The van der Waals surface area contributed by atoms with E-state index < -0.39 is 0 Å². The summed E-state index contributed by atoms with van der Waals surface area (Å²) in [5, 5.41) is 6.05. The molecule has 0 spiro atoms. The van der Waals surface area contributed by atoms with Crippen LogP contribution in [0.15, 0.2) is 42.7 Å². The SMILES string of the molecule is COc1ccc(NCCC(=O)NCc2cccnc2)cc1OC. The summed E-state index contributed by atoms with van der Waals surface area (Å²) in [6, 6.07) is 9.32. The largest absolute Gasteiger partial charge is 0.493 e. The van der Waals surface area contributed by atoms with E-state index in [9.17, 15) is 4.79 Å². The van der Waals surface area contributed by atoms with Crippen LogP contribution in [0.4, 0.5) is 5.69 Å². The molecule has 2 aromatic rings. The molecule has 6 heteroatoms. The fraction of sp³-hybridized carbons (Fsp3) is 0.294. The predicted octanol–water partition coefficient (Wildman–Crippen LogP) is 2.22. The van der Waals surface area contributed by atoms with Gasteiger partial charge in [-0.15, -0.1) is 0 Å². The second-order valence-electron chi connectivity index (χ2n) is 4.88. The first-order valence-corrected chi connectivity index (χ1v) is 7.34. The number of amides is 1. The molecule has 0 fully saturated rings. The molecule has 23 heavy (non-hydrogen) atoms. The van der Waals surface area contributed by atoms with Gasteiger partial charge in [0.15, 0.2) is 11.5 Å². The lowest BCUT2D eigenvalue weighted by atomic mass is 10.2. The summed E-state index contributed by atoms with van der Waals surface area (Å²) in [4.78, 5) is 15.8. The van der Waals surface area contributed by atoms with Crippen molar-refractivity contribution in [1.82, 2.24) is 10.3 Å². The van der Waals surface area contributed by atoms with Crippen LogP contribution in [0.2, 0.25) is 0 Å². The Morgan fingerprint density at radius 3 is 2.70 bits per heavy atom. The molecule has 0 atom stereocenters. The number of carbonyl (C=O) groups excluding carboxylic acids is 1. The van der Waals surface area contributed by atoms with Crippen molar-refractivity contribution in [2.75, 3.05) is 26.1 Å². The lowest BCUT2D eigenvalue weighted by molar-refractivity contribution is -0.121. The molecule has 0 bridgehead atoms. The van der Waals surface area contributed by atoms with Crippen LogP contribution < -0.4 is 20.1 Å². The molecule has 1 aromatic heterocycles. The highest BCUT2D eigenvalue weighted by molar-refractivity contribution is 5.76. The molecule has 0 saturated heterocycles. The Hall–Kier alpha value is -2.76. The van der Waals surface area contributed by atoms with Crippen LogP contribution in [0.1, 0.15) is 12.0 Å². The van der Waals surface area contributed by atoms with E-state index in [1.54, 1.807) is 26.6 Å². The van der Waals surface area contributed by atoms with E-state index in [1.165, 1.54) is 0 Å². The van der Waals surface area contributed by atoms with Gasteiger partial charge < -0.3 is 20.1 Å². The van der Waals surface area contributed by atoms with Gasteiger partial charge in [-0.2, -0.15) is 0 Å². The summed E-state index contributed by atoms with van der Waals surface area (Å²) in [5.74, 6) is 1.31. The smallest absolute Gasteiger partial charge is 0.222 e. The Kier molecular flexibility index (Phi) is 6.23. The molecule has 1 aromatic carbocycles. The van der Waals surface area contributed by atoms with Gasteiger partial charge >= 0.3 is 0 Å². The van der Waals surface area contributed by atoms with Crippen LogP contribution in [0.5, 0.6) is 11.5 Å². The van der Waals surface area contributed by atoms with E-state index >= 15 is 0 Å². The molecular formula is C17H21N3O3. The average Bonchev–Trinajstić information content (AvgIpc) is 2.60. The van der Waals surface area contributed by atoms with Crippen molar-refractivity contribution in [3.63, 3.8) is 0 Å². The number of ether oxygens (including phenoxy) is 2. The van der Waals surface area contributed by atoms with Gasteiger partial charge in [0.05, 0.1) is 14.2 Å². The molecule has 6 nitrogen and oxygen atoms in total. The molecule has 1 amide bonds. The summed E-state index contributed by atoms with van der Waals surface area (Å²) in [6.45, 7) is 1.03. The van der Waals surface area contributed by atoms with Gasteiger partial charge in [-0.05, 0) is 23.8 Å². The van der Waals surface area contributed by atoms with Crippen LogP contribution in [-0.4, -0.2) is 31.7 Å². The van der Waals surface area contributed by atoms with Gasteiger partial charge in [0, 0.05) is 43.7 Å². The number of pyridine rings is 1. The summed E-state index contributed by atoms with van der Waals surface area (Å²) in [6.07, 6.45) is 3.83. The molecule has 0 unspecified atom stereocenters. The minimum absolute atomic E-state index is 0.0122. The maximum atomic E-state index is 11.8. The Bertz CT molecular complexity index is 632. The zero-order valence-corrected chi connectivity index (χ0v) is 13.3. The lowest BCUT2D eigenvalue weighted by Gasteiger charge is -2.11. The molecule has 0 saturated carbocycles. The molecule has 2 rings (SSSR count). The van der Waals surface area contributed by atoms with Crippen molar-refractivity contribution in [1.29, 1.82) is 0 Å². The number of benzene rings is 1. The maximum Gasteiger partial charge on any atom is 0.222 e. The number of nitrogens with one attached hydrogen (secondary N) is 2. The third-order valence-electron chi connectivity index (χ3n) is 3.28. The van der Waals surface area contributed by atoms with E-state index in [4.69, 9.17) is 9.47 Å². The quantitative estimate of drug-likeness (QED) is 0.781. The number of hydrogen-bond donors (Lipinski definition) is 2. The highest BCUT2D eigenvalue weighted by atomic mass is 16.5. The molecule has 0 aliphatic carbocycles. The minimum atomic E-state index is -0.0122. The van der Waals surface area contributed by atoms with Gasteiger partial charge in [-0.1, -0.05) is 6.07 Å². The predicted molar refractivity (Wildman–Crippen MR) is 88.7 cm³/mol. The van der Waals surface area contributed by atoms with Crippen molar-refractivity contribution < 1.29 is 14.3 Å². The van der Waals surface area contributed by atoms with Gasteiger partial charge in [0.1, 0.15) is 0 Å². The van der Waals surface area contributed by atoms with Crippen molar-refractivity contribution in [2.45, 2.75) is 13.0 Å². The number of nitrogens with zero attached hydrogens (tertiary/aromatic N) is 1. The normalized spacial score (nSPS) is 10.0. The van der Waals surface area contributed by atoms with Crippen LogP contribution in [0, 0.1) is 0 Å². The topological polar surface area (TPSA) is 72.5 Å². The van der Waals surface area contributed by atoms with E-state index in [1.807, 2.05) is 30.3 Å². The molecule has 2 N–H and O–H groups in total.